The van der Waals surface area contributed by atoms with E-state index in [4.69, 9.17) is 0 Å². The monoisotopic (exact) mass is 489 g/mol. The van der Waals surface area contributed by atoms with Crippen molar-refractivity contribution in [3.63, 3.8) is 0 Å². The first-order valence-corrected chi connectivity index (χ1v) is 12.3. The topological polar surface area (TPSA) is 93.3 Å². The summed E-state index contributed by atoms with van der Waals surface area (Å²) in [5, 5.41) is 18.7. The molecular weight excluding hydrogens is 474 g/mol. The van der Waals surface area contributed by atoms with Gasteiger partial charge in [0.1, 0.15) is 11.2 Å². The van der Waals surface area contributed by atoms with Crippen LogP contribution in [0.3, 0.4) is 0 Å². The van der Waals surface area contributed by atoms with Gasteiger partial charge in [0.05, 0.1) is 25.6 Å². The Morgan fingerprint density at radius 1 is 1.03 bits per heavy atom. The van der Waals surface area contributed by atoms with Crippen molar-refractivity contribution in [2.45, 2.75) is 9.10 Å². The van der Waals surface area contributed by atoms with Crippen LogP contribution in [0.15, 0.2) is 92.6 Å². The minimum absolute atomic E-state index is 0.0731. The molecular formula is C23H15N5O2S3. The number of benzene rings is 2. The van der Waals surface area contributed by atoms with Crippen molar-refractivity contribution < 1.29 is 4.92 Å². The Bertz CT molecular complexity index is 1450. The highest BCUT2D eigenvalue weighted by atomic mass is 32.2. The van der Waals surface area contributed by atoms with Gasteiger partial charge < -0.3 is 0 Å². The number of fused-ring (bicyclic) bond motifs is 1. The Labute approximate surface area is 201 Å². The lowest BCUT2D eigenvalue weighted by Gasteiger charge is -2.07. The number of hydrogen-bond acceptors (Lipinski definition) is 9. The molecule has 0 aliphatic heterocycles. The van der Waals surface area contributed by atoms with Gasteiger partial charge in [0.2, 0.25) is 0 Å². The van der Waals surface area contributed by atoms with Crippen LogP contribution in [0.2, 0.25) is 0 Å². The minimum atomic E-state index is -0.357. The third kappa shape index (κ3) is 4.49. The lowest BCUT2D eigenvalue weighted by Crippen LogP contribution is -1.95. The normalized spacial score (nSPS) is 11.3. The molecule has 0 saturated carbocycles. The predicted octanol–water partition coefficient (Wildman–Crippen LogP) is 6.93. The van der Waals surface area contributed by atoms with Gasteiger partial charge in [-0.2, -0.15) is 5.10 Å². The molecule has 3 heterocycles. The van der Waals surface area contributed by atoms with E-state index in [1.54, 1.807) is 35.8 Å². The van der Waals surface area contributed by atoms with E-state index in [0.29, 0.717) is 10.7 Å². The second-order valence-corrected chi connectivity index (χ2v) is 10.0. The molecule has 2 aromatic carbocycles. The highest BCUT2D eigenvalue weighted by Crippen LogP contribution is 2.49. The summed E-state index contributed by atoms with van der Waals surface area (Å²) < 4.78 is 0.899. The molecule has 0 saturated heterocycles. The molecule has 0 unspecified atom stereocenters. The Morgan fingerprint density at radius 2 is 1.85 bits per heavy atom. The van der Waals surface area contributed by atoms with Gasteiger partial charge in [0.25, 0.3) is 5.69 Å². The van der Waals surface area contributed by atoms with Crippen molar-refractivity contribution in [3.05, 3.63) is 93.4 Å². The number of nitro benzene ring substituents is 1. The first-order chi connectivity index (χ1) is 16.2. The standard InChI is InChI=1S/C23H15N5O2S3/c29-28(30)17-10-4-5-11-18(17)32-23-19(15-7-2-1-3-8-15)20-21(24-14-25-22(20)33-23)27-26-13-16-9-6-12-31-16/h1-14H,(H,24,25,27). The van der Waals surface area contributed by atoms with Gasteiger partial charge in [0.15, 0.2) is 5.82 Å². The van der Waals surface area contributed by atoms with Crippen molar-refractivity contribution in [2.24, 2.45) is 5.10 Å². The third-order valence-corrected chi connectivity index (χ3v) is 7.84. The van der Waals surface area contributed by atoms with Crippen molar-refractivity contribution in [2.75, 3.05) is 5.43 Å². The van der Waals surface area contributed by atoms with E-state index >= 15 is 0 Å². The molecule has 7 nitrogen and oxygen atoms in total. The summed E-state index contributed by atoms with van der Waals surface area (Å²) in [6.45, 7) is 0. The summed E-state index contributed by atoms with van der Waals surface area (Å²) in [5.41, 5.74) is 5.03. The van der Waals surface area contributed by atoms with Crippen molar-refractivity contribution in [1.82, 2.24) is 9.97 Å². The molecule has 1 N–H and O–H groups in total. The van der Waals surface area contributed by atoms with Gasteiger partial charge in [-0.05, 0) is 23.1 Å². The number of aromatic nitrogens is 2. The van der Waals surface area contributed by atoms with E-state index < -0.39 is 0 Å². The van der Waals surface area contributed by atoms with Crippen LogP contribution in [0.4, 0.5) is 11.5 Å². The summed E-state index contributed by atoms with van der Waals surface area (Å²) in [7, 11) is 0. The molecule has 0 aliphatic carbocycles. The Morgan fingerprint density at radius 3 is 2.64 bits per heavy atom. The number of hydrazone groups is 1. The van der Waals surface area contributed by atoms with E-state index in [-0.39, 0.29) is 10.6 Å². The summed E-state index contributed by atoms with van der Waals surface area (Å²) in [5.74, 6) is 0.581. The van der Waals surface area contributed by atoms with Crippen LogP contribution in [0, 0.1) is 10.1 Å². The largest absolute Gasteiger partial charge is 0.283 e. The third-order valence-electron chi connectivity index (χ3n) is 4.69. The minimum Gasteiger partial charge on any atom is -0.261 e. The first-order valence-electron chi connectivity index (χ1n) is 9.77. The highest BCUT2D eigenvalue weighted by Gasteiger charge is 2.22. The van der Waals surface area contributed by atoms with Gasteiger partial charge in [-0.3, -0.25) is 15.5 Å². The van der Waals surface area contributed by atoms with E-state index in [0.717, 1.165) is 30.4 Å². The smallest absolute Gasteiger partial charge is 0.261 e. The maximum absolute atomic E-state index is 11.6. The average Bonchev–Trinajstić information content (AvgIpc) is 3.48. The van der Waals surface area contributed by atoms with E-state index in [9.17, 15) is 10.1 Å². The SMILES string of the molecule is O=[N+]([O-])c1ccccc1Sc1sc2ncnc(NN=Cc3cccs3)c2c1-c1ccccc1. The molecule has 0 amide bonds. The summed E-state index contributed by atoms with van der Waals surface area (Å²) in [6, 6.07) is 20.6. The molecule has 5 rings (SSSR count). The van der Waals surface area contributed by atoms with Crippen LogP contribution in [-0.2, 0) is 0 Å². The van der Waals surface area contributed by atoms with Crippen molar-refractivity contribution >= 4 is 62.4 Å². The fourth-order valence-electron chi connectivity index (χ4n) is 3.25. The molecule has 0 fully saturated rings. The molecule has 162 valence electrons. The van der Waals surface area contributed by atoms with Crippen LogP contribution >= 0.6 is 34.4 Å². The zero-order chi connectivity index (χ0) is 22.6. The maximum Gasteiger partial charge on any atom is 0.283 e. The zero-order valence-electron chi connectivity index (χ0n) is 16.9. The van der Waals surface area contributed by atoms with Crippen LogP contribution < -0.4 is 5.43 Å². The number of rotatable bonds is 7. The number of para-hydroxylation sites is 1. The lowest BCUT2D eigenvalue weighted by atomic mass is 10.1. The summed E-state index contributed by atoms with van der Waals surface area (Å²) in [6.07, 6.45) is 3.24. The molecule has 10 heteroatoms. The van der Waals surface area contributed by atoms with E-state index in [1.807, 2.05) is 47.8 Å². The van der Waals surface area contributed by atoms with Crippen molar-refractivity contribution in [3.8, 4) is 11.1 Å². The lowest BCUT2D eigenvalue weighted by molar-refractivity contribution is -0.387. The van der Waals surface area contributed by atoms with Gasteiger partial charge in [-0.15, -0.1) is 22.7 Å². The molecule has 0 aliphatic rings. The number of nitro groups is 1. The van der Waals surface area contributed by atoms with Crippen LogP contribution in [-0.4, -0.2) is 21.1 Å². The van der Waals surface area contributed by atoms with Gasteiger partial charge in [-0.1, -0.05) is 60.3 Å². The van der Waals surface area contributed by atoms with Crippen LogP contribution in [0.1, 0.15) is 4.88 Å². The summed E-state index contributed by atoms with van der Waals surface area (Å²) >= 11 is 4.44. The van der Waals surface area contributed by atoms with Crippen LogP contribution in [0.5, 0.6) is 0 Å². The summed E-state index contributed by atoms with van der Waals surface area (Å²) in [4.78, 5) is 22.5. The molecule has 0 bridgehead atoms. The molecule has 33 heavy (non-hydrogen) atoms. The maximum atomic E-state index is 11.6. The van der Waals surface area contributed by atoms with Crippen molar-refractivity contribution in [1.29, 1.82) is 0 Å². The number of nitrogens with one attached hydrogen (secondary N) is 1. The second kappa shape index (κ2) is 9.49. The van der Waals surface area contributed by atoms with E-state index in [2.05, 4.69) is 20.5 Å². The highest BCUT2D eigenvalue weighted by molar-refractivity contribution is 8.01. The number of anilines is 1. The number of nitrogens with zero attached hydrogens (tertiary/aromatic N) is 4. The first kappa shape index (κ1) is 21.3. The van der Waals surface area contributed by atoms with Gasteiger partial charge in [-0.25, -0.2) is 9.97 Å². The number of thiophene rings is 2. The fourth-order valence-corrected chi connectivity index (χ4v) is 6.32. The van der Waals surface area contributed by atoms with Gasteiger partial charge >= 0.3 is 0 Å². The Hall–Kier alpha value is -3.60. The quantitative estimate of drug-likeness (QED) is 0.151. The predicted molar refractivity (Wildman–Crippen MR) is 136 cm³/mol. The molecule has 0 radical (unpaired) electrons. The molecule has 3 aromatic heterocycles. The average molecular weight is 490 g/mol. The fraction of sp³-hybridized carbons (Fsp3) is 0. The van der Waals surface area contributed by atoms with E-state index in [1.165, 1.54) is 35.5 Å². The number of hydrogen-bond donors (Lipinski definition) is 1. The zero-order valence-corrected chi connectivity index (χ0v) is 19.4. The Kier molecular flexibility index (Phi) is 6.11. The second-order valence-electron chi connectivity index (χ2n) is 6.75. The molecule has 5 aromatic rings. The van der Waals surface area contributed by atoms with Crippen LogP contribution in [0.25, 0.3) is 21.3 Å². The van der Waals surface area contributed by atoms with Gasteiger partial charge in [0, 0.05) is 16.5 Å². The Balaban J connectivity index is 1.63. The molecule has 0 atom stereocenters. The molecule has 0 spiro atoms.